The number of rotatable bonds is 4. The first-order valence-corrected chi connectivity index (χ1v) is 11.7. The molecule has 10 heteroatoms. The average molecular weight is 435 g/mol. The molecule has 2 aliphatic heterocycles. The lowest BCUT2D eigenvalue weighted by atomic mass is 9.76. The van der Waals surface area contributed by atoms with Gasteiger partial charge in [-0.05, 0) is 32.1 Å². The van der Waals surface area contributed by atoms with Crippen molar-refractivity contribution in [3.63, 3.8) is 0 Å². The van der Waals surface area contributed by atoms with Crippen LogP contribution in [-0.2, 0) is 10.8 Å². The predicted octanol–water partition coefficient (Wildman–Crippen LogP) is 2.10. The van der Waals surface area contributed by atoms with Crippen LogP contribution in [0.4, 0.5) is 11.8 Å². The maximum Gasteiger partial charge on any atom is 0.227 e. The minimum absolute atomic E-state index is 0.0649. The summed E-state index contributed by atoms with van der Waals surface area (Å²) in [5.74, 6) is 2.92. The van der Waals surface area contributed by atoms with Gasteiger partial charge in [-0.15, -0.1) is 0 Å². The van der Waals surface area contributed by atoms with Gasteiger partial charge in [-0.2, -0.15) is 4.98 Å². The zero-order valence-corrected chi connectivity index (χ0v) is 17.6. The first kappa shape index (κ1) is 19.1. The lowest BCUT2D eigenvalue weighted by Gasteiger charge is -2.47. The number of halogens is 1. The lowest BCUT2D eigenvalue weighted by molar-refractivity contribution is 0.119. The second kappa shape index (κ2) is 7.45. The van der Waals surface area contributed by atoms with E-state index in [0.717, 1.165) is 56.8 Å². The Hall–Kier alpha value is -1.84. The number of aliphatic hydroxyl groups excluding tert-OH is 1. The zero-order chi connectivity index (χ0) is 20.0. The molecule has 0 amide bonds. The predicted molar refractivity (Wildman–Crippen MR) is 111 cm³/mol. The van der Waals surface area contributed by atoms with Gasteiger partial charge in [-0.1, -0.05) is 11.6 Å². The van der Waals surface area contributed by atoms with E-state index in [0.29, 0.717) is 27.7 Å². The van der Waals surface area contributed by atoms with Crippen LogP contribution in [0.3, 0.4) is 0 Å². The summed E-state index contributed by atoms with van der Waals surface area (Å²) < 4.78 is 12.6. The van der Waals surface area contributed by atoms with Crippen LogP contribution in [0.25, 0.3) is 0 Å². The normalized spacial score (nSPS) is 23.7. The van der Waals surface area contributed by atoms with Crippen LogP contribution in [0.2, 0.25) is 5.02 Å². The number of fused-ring (bicyclic) bond motifs is 1. The van der Waals surface area contributed by atoms with Gasteiger partial charge in [0.2, 0.25) is 5.95 Å². The Balaban J connectivity index is 1.34. The number of nitrogens with zero attached hydrogens (tertiary/aromatic N) is 6. The van der Waals surface area contributed by atoms with E-state index < -0.39 is 10.8 Å². The third-order valence-corrected chi connectivity index (χ3v) is 7.87. The molecule has 2 fully saturated rings. The molecular formula is C19H23ClN6O2S. The molecule has 1 atom stereocenters. The molecule has 1 N–H and O–H groups in total. The van der Waals surface area contributed by atoms with Crippen molar-refractivity contribution in [3.05, 3.63) is 29.4 Å². The molecule has 154 valence electrons. The van der Waals surface area contributed by atoms with Gasteiger partial charge in [0.15, 0.2) is 5.82 Å². The molecule has 4 heterocycles. The Labute approximate surface area is 176 Å². The SMILES string of the molecule is O=S1CN(C2(CO)CCC2)c2nc(N3CCC(c4ncc(Cl)cn4)CC3)ncc21. The molecule has 0 radical (unpaired) electrons. The Morgan fingerprint density at radius 3 is 2.52 bits per heavy atom. The summed E-state index contributed by atoms with van der Waals surface area (Å²) in [6.07, 6.45) is 9.72. The summed E-state index contributed by atoms with van der Waals surface area (Å²) in [7, 11) is -1.15. The number of aromatic nitrogens is 4. The molecule has 1 unspecified atom stereocenters. The van der Waals surface area contributed by atoms with Gasteiger partial charge >= 0.3 is 0 Å². The van der Waals surface area contributed by atoms with Crippen LogP contribution >= 0.6 is 11.6 Å². The highest BCUT2D eigenvalue weighted by Crippen LogP contribution is 2.44. The van der Waals surface area contributed by atoms with Crippen LogP contribution in [0.1, 0.15) is 43.8 Å². The molecule has 0 spiro atoms. The van der Waals surface area contributed by atoms with Gasteiger partial charge in [-0.25, -0.2) is 15.0 Å². The van der Waals surface area contributed by atoms with E-state index in [1.54, 1.807) is 18.6 Å². The van der Waals surface area contributed by atoms with Crippen molar-refractivity contribution in [2.24, 2.45) is 0 Å². The topological polar surface area (TPSA) is 95.3 Å². The highest BCUT2D eigenvalue weighted by atomic mass is 35.5. The van der Waals surface area contributed by atoms with Crippen LogP contribution in [0.5, 0.6) is 0 Å². The third-order valence-electron chi connectivity index (χ3n) is 6.41. The van der Waals surface area contributed by atoms with E-state index in [1.165, 1.54) is 0 Å². The zero-order valence-electron chi connectivity index (χ0n) is 16.0. The van der Waals surface area contributed by atoms with E-state index in [1.807, 2.05) is 0 Å². The molecule has 3 aliphatic rings. The molecule has 1 saturated carbocycles. The smallest absolute Gasteiger partial charge is 0.227 e. The highest BCUT2D eigenvalue weighted by molar-refractivity contribution is 7.85. The maximum atomic E-state index is 12.6. The van der Waals surface area contributed by atoms with Crippen molar-refractivity contribution >= 4 is 34.2 Å². The summed E-state index contributed by atoms with van der Waals surface area (Å²) in [6.45, 7) is 1.68. The fraction of sp³-hybridized carbons (Fsp3) is 0.579. The van der Waals surface area contributed by atoms with Crippen LogP contribution in [-0.4, -0.2) is 60.4 Å². The molecule has 8 nitrogen and oxygen atoms in total. The molecule has 5 rings (SSSR count). The fourth-order valence-corrected chi connectivity index (χ4v) is 5.83. The van der Waals surface area contributed by atoms with Gasteiger partial charge in [0, 0.05) is 31.4 Å². The molecule has 2 aromatic heterocycles. The van der Waals surface area contributed by atoms with Crippen molar-refractivity contribution in [2.45, 2.75) is 48.5 Å². The first-order valence-electron chi connectivity index (χ1n) is 9.96. The summed E-state index contributed by atoms with van der Waals surface area (Å²) in [5.41, 5.74) is -0.314. The second-order valence-corrected chi connectivity index (χ2v) is 9.84. The van der Waals surface area contributed by atoms with Gasteiger partial charge in [0.05, 0.1) is 34.2 Å². The van der Waals surface area contributed by atoms with E-state index in [-0.39, 0.29) is 12.1 Å². The molecular weight excluding hydrogens is 412 g/mol. The van der Waals surface area contributed by atoms with Crippen molar-refractivity contribution < 1.29 is 9.32 Å². The highest BCUT2D eigenvalue weighted by Gasteiger charge is 2.47. The number of anilines is 2. The standard InChI is InChI=1S/C19H23ClN6O2S/c20-14-8-21-16(22-9-14)13-2-6-25(7-3-13)18-23-10-15-17(24-18)26(12-29(15)28)19(11-27)4-1-5-19/h8-10,13,27H,1-7,11-12H2. The summed E-state index contributed by atoms with van der Waals surface area (Å²) in [5, 5.41) is 10.5. The van der Waals surface area contributed by atoms with Crippen LogP contribution in [0.15, 0.2) is 23.5 Å². The minimum atomic E-state index is -1.15. The minimum Gasteiger partial charge on any atom is -0.394 e. The largest absolute Gasteiger partial charge is 0.394 e. The second-order valence-electron chi connectivity index (χ2n) is 8.02. The summed E-state index contributed by atoms with van der Waals surface area (Å²) >= 11 is 5.89. The third kappa shape index (κ3) is 3.29. The fourth-order valence-electron chi connectivity index (χ4n) is 4.44. The Kier molecular flexibility index (Phi) is 4.92. The first-order chi connectivity index (χ1) is 14.1. The molecule has 2 aromatic rings. The Morgan fingerprint density at radius 2 is 1.90 bits per heavy atom. The Bertz CT molecular complexity index is 925. The van der Waals surface area contributed by atoms with Crippen molar-refractivity contribution in [2.75, 3.05) is 35.4 Å². The van der Waals surface area contributed by atoms with Crippen LogP contribution in [0, 0.1) is 0 Å². The molecule has 29 heavy (non-hydrogen) atoms. The molecule has 0 bridgehead atoms. The van der Waals surface area contributed by atoms with Gasteiger partial charge in [0.1, 0.15) is 16.6 Å². The number of piperidine rings is 1. The van der Waals surface area contributed by atoms with E-state index in [9.17, 15) is 9.32 Å². The van der Waals surface area contributed by atoms with Gasteiger partial charge < -0.3 is 14.9 Å². The van der Waals surface area contributed by atoms with Crippen molar-refractivity contribution in [3.8, 4) is 0 Å². The Morgan fingerprint density at radius 1 is 1.17 bits per heavy atom. The molecule has 1 aliphatic carbocycles. The van der Waals surface area contributed by atoms with Crippen molar-refractivity contribution in [1.29, 1.82) is 0 Å². The number of hydrogen-bond acceptors (Lipinski definition) is 8. The van der Waals surface area contributed by atoms with Gasteiger partial charge in [0.25, 0.3) is 0 Å². The quantitative estimate of drug-likeness (QED) is 0.781. The number of hydrogen-bond donors (Lipinski definition) is 1. The van der Waals surface area contributed by atoms with E-state index in [4.69, 9.17) is 16.6 Å². The van der Waals surface area contributed by atoms with Crippen molar-refractivity contribution in [1.82, 2.24) is 19.9 Å². The van der Waals surface area contributed by atoms with E-state index >= 15 is 0 Å². The summed E-state index contributed by atoms with van der Waals surface area (Å²) in [6, 6.07) is 0. The average Bonchev–Trinajstić information content (AvgIpc) is 3.05. The summed E-state index contributed by atoms with van der Waals surface area (Å²) in [4.78, 5) is 22.9. The molecule has 0 aromatic carbocycles. The van der Waals surface area contributed by atoms with Crippen LogP contribution < -0.4 is 9.80 Å². The lowest BCUT2D eigenvalue weighted by Crippen LogP contribution is -2.56. The monoisotopic (exact) mass is 434 g/mol. The van der Waals surface area contributed by atoms with Gasteiger partial charge in [-0.3, -0.25) is 4.21 Å². The number of aliphatic hydroxyl groups is 1. The van der Waals surface area contributed by atoms with E-state index in [2.05, 4.69) is 24.8 Å². The maximum absolute atomic E-state index is 12.6. The molecule has 1 saturated heterocycles.